The van der Waals surface area contributed by atoms with Crippen LogP contribution >= 0.6 is 0 Å². The summed E-state index contributed by atoms with van der Waals surface area (Å²) in [5.74, 6) is -0.642. The highest BCUT2D eigenvalue weighted by Gasteiger charge is 2.16. The van der Waals surface area contributed by atoms with Crippen molar-refractivity contribution in [3.63, 3.8) is 0 Å². The number of esters is 1. The van der Waals surface area contributed by atoms with Crippen LogP contribution in [0.1, 0.15) is 22.6 Å². The molecule has 0 amide bonds. The van der Waals surface area contributed by atoms with Gasteiger partial charge in [-0.2, -0.15) is 0 Å². The zero-order chi connectivity index (χ0) is 11.4. The Morgan fingerprint density at radius 2 is 2.07 bits per heavy atom. The van der Waals surface area contributed by atoms with Crippen molar-refractivity contribution in [2.45, 2.75) is 6.43 Å². The van der Waals surface area contributed by atoms with Crippen LogP contribution < -0.4 is 4.74 Å². The van der Waals surface area contributed by atoms with Crippen molar-refractivity contribution in [3.8, 4) is 5.75 Å². The fourth-order valence-corrected chi connectivity index (χ4v) is 0.965. The summed E-state index contributed by atoms with van der Waals surface area (Å²) in [6.07, 6.45) is -2.76. The highest BCUT2D eigenvalue weighted by molar-refractivity contribution is 5.87. The summed E-state index contributed by atoms with van der Waals surface area (Å²) in [6.45, 7) is 0. The number of pyridine rings is 1. The molecule has 0 bridgehead atoms. The number of alkyl halides is 2. The maximum absolute atomic E-state index is 12.4. The fraction of sp³-hybridized carbons (Fsp3) is 0.333. The molecule has 15 heavy (non-hydrogen) atoms. The molecule has 0 spiro atoms. The van der Waals surface area contributed by atoms with Gasteiger partial charge in [-0.3, -0.25) is 0 Å². The van der Waals surface area contributed by atoms with Crippen LogP contribution in [0, 0.1) is 0 Å². The van der Waals surface area contributed by atoms with Gasteiger partial charge in [0.25, 0.3) is 6.43 Å². The standard InChI is InChI=1S/C9H9F2NO3/c1-14-5-3-6(8(10)11)12-7(4-5)9(13)15-2/h3-4,8H,1-2H3. The summed E-state index contributed by atoms with van der Waals surface area (Å²) in [4.78, 5) is 14.5. The number of carbonyl (C=O) groups excluding carboxylic acids is 1. The van der Waals surface area contributed by atoms with Gasteiger partial charge in [-0.1, -0.05) is 0 Å². The second-order valence-corrected chi connectivity index (χ2v) is 2.61. The van der Waals surface area contributed by atoms with Gasteiger partial charge in [-0.25, -0.2) is 18.6 Å². The average Bonchev–Trinajstić information content (AvgIpc) is 2.27. The highest BCUT2D eigenvalue weighted by Crippen LogP contribution is 2.22. The van der Waals surface area contributed by atoms with Crippen LogP contribution in [0.3, 0.4) is 0 Å². The minimum absolute atomic E-state index is 0.140. The van der Waals surface area contributed by atoms with E-state index in [0.717, 1.165) is 13.2 Å². The van der Waals surface area contributed by atoms with Gasteiger partial charge in [0.2, 0.25) is 0 Å². The van der Waals surface area contributed by atoms with Gasteiger partial charge in [0.15, 0.2) is 5.69 Å². The third-order valence-electron chi connectivity index (χ3n) is 1.67. The number of rotatable bonds is 3. The monoisotopic (exact) mass is 217 g/mol. The zero-order valence-corrected chi connectivity index (χ0v) is 8.16. The molecule has 0 aliphatic heterocycles. The lowest BCUT2D eigenvalue weighted by molar-refractivity contribution is 0.0591. The Morgan fingerprint density at radius 1 is 1.40 bits per heavy atom. The van der Waals surface area contributed by atoms with E-state index in [1.165, 1.54) is 13.2 Å². The van der Waals surface area contributed by atoms with E-state index in [1.54, 1.807) is 0 Å². The number of halogens is 2. The van der Waals surface area contributed by atoms with Crippen molar-refractivity contribution in [3.05, 3.63) is 23.5 Å². The van der Waals surface area contributed by atoms with Crippen LogP contribution in [-0.4, -0.2) is 25.2 Å². The Balaban J connectivity index is 3.17. The lowest BCUT2D eigenvalue weighted by Crippen LogP contribution is -2.07. The molecule has 0 saturated heterocycles. The molecule has 0 fully saturated rings. The number of aromatic nitrogens is 1. The molecule has 0 saturated carbocycles. The van der Waals surface area contributed by atoms with Crippen molar-refractivity contribution in [2.24, 2.45) is 0 Å². The number of ether oxygens (including phenoxy) is 2. The van der Waals surface area contributed by atoms with Crippen LogP contribution in [-0.2, 0) is 4.74 Å². The van der Waals surface area contributed by atoms with Crippen LogP contribution in [0.4, 0.5) is 8.78 Å². The van der Waals surface area contributed by atoms with E-state index < -0.39 is 18.1 Å². The third-order valence-corrected chi connectivity index (χ3v) is 1.67. The summed E-state index contributed by atoms with van der Waals surface area (Å²) in [5.41, 5.74) is -0.720. The fourth-order valence-electron chi connectivity index (χ4n) is 0.965. The summed E-state index contributed by atoms with van der Waals surface area (Å²) in [5, 5.41) is 0. The predicted molar refractivity (Wildman–Crippen MR) is 47.1 cm³/mol. The summed E-state index contributed by atoms with van der Waals surface area (Å²) in [7, 11) is 2.46. The molecular formula is C9H9F2NO3. The van der Waals surface area contributed by atoms with E-state index in [2.05, 4.69) is 9.72 Å². The van der Waals surface area contributed by atoms with Gasteiger partial charge in [-0.05, 0) is 0 Å². The van der Waals surface area contributed by atoms with Crippen LogP contribution in [0.25, 0.3) is 0 Å². The second-order valence-electron chi connectivity index (χ2n) is 2.61. The molecule has 4 nitrogen and oxygen atoms in total. The number of nitrogens with zero attached hydrogens (tertiary/aromatic N) is 1. The Labute approximate surface area is 84.8 Å². The SMILES string of the molecule is COC(=O)c1cc(OC)cc(C(F)F)n1. The van der Waals surface area contributed by atoms with E-state index in [4.69, 9.17) is 4.74 Å². The molecular weight excluding hydrogens is 208 g/mol. The van der Waals surface area contributed by atoms with Gasteiger partial charge >= 0.3 is 5.97 Å². The highest BCUT2D eigenvalue weighted by atomic mass is 19.3. The number of methoxy groups -OCH3 is 2. The quantitative estimate of drug-likeness (QED) is 0.724. The minimum Gasteiger partial charge on any atom is -0.497 e. The van der Waals surface area contributed by atoms with Crippen molar-refractivity contribution < 1.29 is 23.0 Å². The molecule has 0 radical (unpaired) electrons. The maximum atomic E-state index is 12.4. The smallest absolute Gasteiger partial charge is 0.356 e. The average molecular weight is 217 g/mol. The van der Waals surface area contributed by atoms with E-state index in [-0.39, 0.29) is 11.4 Å². The molecule has 0 N–H and O–H groups in total. The van der Waals surface area contributed by atoms with Gasteiger partial charge in [0.05, 0.1) is 14.2 Å². The first-order valence-corrected chi connectivity index (χ1v) is 4.01. The number of carbonyl (C=O) groups is 1. The minimum atomic E-state index is -2.76. The Kier molecular flexibility index (Phi) is 3.54. The lowest BCUT2D eigenvalue weighted by atomic mass is 10.3. The largest absolute Gasteiger partial charge is 0.497 e. The first-order chi connectivity index (χ1) is 7.08. The summed E-state index contributed by atoms with van der Waals surface area (Å²) in [6, 6.07) is 2.30. The molecule has 0 aliphatic rings. The van der Waals surface area contributed by atoms with Gasteiger partial charge in [-0.15, -0.1) is 0 Å². The molecule has 1 aromatic heterocycles. The first kappa shape index (κ1) is 11.4. The van der Waals surface area contributed by atoms with Crippen LogP contribution in [0.15, 0.2) is 12.1 Å². The molecule has 1 rings (SSSR count). The summed E-state index contributed by atoms with van der Waals surface area (Å²) >= 11 is 0. The third kappa shape index (κ3) is 2.61. The predicted octanol–water partition coefficient (Wildman–Crippen LogP) is 1.81. The Bertz CT molecular complexity index is 368. The molecule has 0 aliphatic carbocycles. The van der Waals surface area contributed by atoms with Gasteiger partial charge < -0.3 is 9.47 Å². The Hall–Kier alpha value is -1.72. The molecule has 82 valence electrons. The van der Waals surface area contributed by atoms with Crippen LogP contribution in [0.2, 0.25) is 0 Å². The van der Waals surface area contributed by atoms with E-state index in [1.807, 2.05) is 0 Å². The van der Waals surface area contributed by atoms with Crippen molar-refractivity contribution in [2.75, 3.05) is 14.2 Å². The van der Waals surface area contributed by atoms with Crippen molar-refractivity contribution in [1.29, 1.82) is 0 Å². The van der Waals surface area contributed by atoms with Gasteiger partial charge in [0.1, 0.15) is 11.4 Å². The van der Waals surface area contributed by atoms with E-state index >= 15 is 0 Å². The van der Waals surface area contributed by atoms with Crippen molar-refractivity contribution >= 4 is 5.97 Å². The maximum Gasteiger partial charge on any atom is 0.356 e. The second kappa shape index (κ2) is 4.68. The Morgan fingerprint density at radius 3 is 2.53 bits per heavy atom. The molecule has 0 unspecified atom stereocenters. The number of hydrogen-bond acceptors (Lipinski definition) is 4. The lowest BCUT2D eigenvalue weighted by Gasteiger charge is -2.06. The topological polar surface area (TPSA) is 48.4 Å². The van der Waals surface area contributed by atoms with Gasteiger partial charge in [0, 0.05) is 12.1 Å². The molecule has 6 heteroatoms. The van der Waals surface area contributed by atoms with E-state index in [9.17, 15) is 13.6 Å². The zero-order valence-electron chi connectivity index (χ0n) is 8.16. The molecule has 1 aromatic rings. The molecule has 0 atom stereocenters. The molecule has 1 heterocycles. The summed E-state index contributed by atoms with van der Waals surface area (Å²) < 4.78 is 33.8. The normalized spacial score (nSPS) is 10.2. The van der Waals surface area contributed by atoms with Crippen molar-refractivity contribution in [1.82, 2.24) is 4.98 Å². The first-order valence-electron chi connectivity index (χ1n) is 4.01. The molecule has 0 aromatic carbocycles. The van der Waals surface area contributed by atoms with E-state index in [0.29, 0.717) is 0 Å². The number of hydrogen-bond donors (Lipinski definition) is 0. The van der Waals surface area contributed by atoms with Crippen LogP contribution in [0.5, 0.6) is 5.75 Å².